The molecule has 14 heavy (non-hydrogen) atoms. The van der Waals surface area contributed by atoms with Crippen molar-refractivity contribution in [3.05, 3.63) is 33.1 Å². The second-order valence-corrected chi connectivity index (χ2v) is 5.07. The Morgan fingerprint density at radius 1 is 1.36 bits per heavy atom. The van der Waals surface area contributed by atoms with Crippen LogP contribution < -0.4 is 4.74 Å². The minimum absolute atomic E-state index is 0.270. The molecule has 2 rings (SSSR count). The molecule has 0 bridgehead atoms. The molecule has 0 aliphatic carbocycles. The molecule has 0 saturated heterocycles. The first-order valence-corrected chi connectivity index (χ1v) is 5.46. The van der Waals surface area contributed by atoms with Gasteiger partial charge in [0.25, 0.3) is 0 Å². The van der Waals surface area contributed by atoms with Gasteiger partial charge in [-0.3, -0.25) is 0 Å². The molecule has 74 valence electrons. The summed E-state index contributed by atoms with van der Waals surface area (Å²) in [6.07, 6.45) is 1.76. The lowest BCUT2D eigenvalue weighted by Crippen LogP contribution is -2.33. The smallest absolute Gasteiger partial charge is 0.160 e. The molecule has 1 aromatic carbocycles. The van der Waals surface area contributed by atoms with E-state index in [0.29, 0.717) is 0 Å². The topological polar surface area (TPSA) is 29.5 Å². The number of ether oxygens (including phenoxy) is 1. The van der Waals surface area contributed by atoms with Gasteiger partial charge in [-0.15, -0.1) is 0 Å². The number of fused-ring (bicyclic) bond motifs is 1. The van der Waals surface area contributed by atoms with E-state index in [0.717, 1.165) is 14.9 Å². The standard InChI is InChI=1S/C11H11IO2/c1-11(2)10(13)6-7-5-8(12)3-4-9(7)14-11/h3-6,13H,1-2H3. The van der Waals surface area contributed by atoms with Crippen molar-refractivity contribution in [3.63, 3.8) is 0 Å². The van der Waals surface area contributed by atoms with Gasteiger partial charge in [-0.05, 0) is 60.7 Å². The van der Waals surface area contributed by atoms with Gasteiger partial charge in [0.15, 0.2) is 5.60 Å². The molecule has 1 N–H and O–H groups in total. The molecular weight excluding hydrogens is 291 g/mol. The van der Waals surface area contributed by atoms with Crippen molar-refractivity contribution in [1.82, 2.24) is 0 Å². The second-order valence-electron chi connectivity index (χ2n) is 3.82. The Kier molecular flexibility index (Phi) is 2.21. The zero-order chi connectivity index (χ0) is 10.3. The molecule has 0 radical (unpaired) electrons. The summed E-state index contributed by atoms with van der Waals surface area (Å²) in [5.74, 6) is 1.10. The number of rotatable bonds is 0. The second kappa shape index (κ2) is 3.15. The van der Waals surface area contributed by atoms with Gasteiger partial charge in [-0.2, -0.15) is 0 Å². The van der Waals surface area contributed by atoms with E-state index in [1.54, 1.807) is 6.08 Å². The van der Waals surface area contributed by atoms with Crippen molar-refractivity contribution in [1.29, 1.82) is 0 Å². The van der Waals surface area contributed by atoms with Gasteiger partial charge in [0, 0.05) is 9.13 Å². The van der Waals surface area contributed by atoms with E-state index in [-0.39, 0.29) is 5.76 Å². The maximum absolute atomic E-state index is 9.71. The minimum Gasteiger partial charge on any atom is -0.508 e. The molecule has 0 atom stereocenters. The molecule has 0 unspecified atom stereocenters. The summed E-state index contributed by atoms with van der Waals surface area (Å²) in [6.45, 7) is 3.69. The summed E-state index contributed by atoms with van der Waals surface area (Å²) in [5.41, 5.74) is 0.327. The fourth-order valence-electron chi connectivity index (χ4n) is 1.37. The van der Waals surface area contributed by atoms with Crippen molar-refractivity contribution in [2.24, 2.45) is 0 Å². The SMILES string of the molecule is CC1(C)Oc2ccc(I)cc2C=C1O. The lowest BCUT2D eigenvalue weighted by atomic mass is 10.0. The van der Waals surface area contributed by atoms with Crippen LogP contribution in [0.5, 0.6) is 5.75 Å². The number of hydrogen-bond acceptors (Lipinski definition) is 2. The van der Waals surface area contributed by atoms with E-state index in [1.807, 2.05) is 32.0 Å². The highest BCUT2D eigenvalue weighted by Crippen LogP contribution is 2.34. The van der Waals surface area contributed by atoms with Crippen LogP contribution in [0.25, 0.3) is 6.08 Å². The molecule has 1 aliphatic heterocycles. The van der Waals surface area contributed by atoms with E-state index in [2.05, 4.69) is 22.6 Å². The molecular formula is C11H11IO2. The van der Waals surface area contributed by atoms with E-state index < -0.39 is 5.60 Å². The van der Waals surface area contributed by atoms with E-state index in [1.165, 1.54) is 0 Å². The first-order chi connectivity index (χ1) is 6.49. The zero-order valence-electron chi connectivity index (χ0n) is 8.04. The molecule has 0 amide bonds. The highest BCUT2D eigenvalue weighted by molar-refractivity contribution is 14.1. The van der Waals surface area contributed by atoms with Crippen LogP contribution in [0.3, 0.4) is 0 Å². The quantitative estimate of drug-likeness (QED) is 0.745. The fraction of sp³-hybridized carbons (Fsp3) is 0.273. The lowest BCUT2D eigenvalue weighted by Gasteiger charge is -2.30. The Bertz CT molecular complexity index is 408. The summed E-state index contributed by atoms with van der Waals surface area (Å²) in [4.78, 5) is 0. The summed E-state index contributed by atoms with van der Waals surface area (Å²) in [7, 11) is 0. The molecule has 1 aliphatic rings. The molecule has 3 heteroatoms. The van der Waals surface area contributed by atoms with Crippen molar-refractivity contribution >= 4 is 28.7 Å². The number of aliphatic hydroxyl groups excluding tert-OH is 1. The summed E-state index contributed by atoms with van der Waals surface area (Å²) >= 11 is 2.24. The van der Waals surface area contributed by atoms with Gasteiger partial charge < -0.3 is 9.84 Å². The Morgan fingerprint density at radius 2 is 2.07 bits per heavy atom. The van der Waals surface area contributed by atoms with Crippen LogP contribution in [0.15, 0.2) is 24.0 Å². The third kappa shape index (κ3) is 1.61. The van der Waals surface area contributed by atoms with Crippen molar-refractivity contribution in [3.8, 4) is 5.75 Å². The van der Waals surface area contributed by atoms with Gasteiger partial charge in [-0.1, -0.05) is 0 Å². The molecule has 0 aromatic heterocycles. The predicted octanol–water partition coefficient (Wildman–Crippen LogP) is 3.36. The van der Waals surface area contributed by atoms with E-state index in [4.69, 9.17) is 4.74 Å². The normalized spacial score (nSPS) is 18.1. The maximum Gasteiger partial charge on any atom is 0.160 e. The van der Waals surface area contributed by atoms with Crippen LogP contribution in [0, 0.1) is 3.57 Å². The van der Waals surface area contributed by atoms with Gasteiger partial charge in [-0.25, -0.2) is 0 Å². The van der Waals surface area contributed by atoms with E-state index in [9.17, 15) is 5.11 Å². The van der Waals surface area contributed by atoms with Crippen molar-refractivity contribution in [2.75, 3.05) is 0 Å². The summed E-state index contributed by atoms with van der Waals surface area (Å²) in [5, 5.41) is 9.71. The van der Waals surface area contributed by atoms with Crippen LogP contribution in [-0.2, 0) is 0 Å². The molecule has 1 aromatic rings. The van der Waals surface area contributed by atoms with Crippen molar-refractivity contribution < 1.29 is 9.84 Å². The number of benzene rings is 1. The fourth-order valence-corrected chi connectivity index (χ4v) is 1.89. The Morgan fingerprint density at radius 3 is 2.79 bits per heavy atom. The number of hydrogen-bond donors (Lipinski definition) is 1. The average Bonchev–Trinajstić information content (AvgIpc) is 2.08. The number of aliphatic hydroxyl groups is 1. The first kappa shape index (κ1) is 9.83. The number of halogens is 1. The highest BCUT2D eigenvalue weighted by Gasteiger charge is 2.29. The van der Waals surface area contributed by atoms with Crippen LogP contribution in [0.1, 0.15) is 19.4 Å². The maximum atomic E-state index is 9.71. The van der Waals surface area contributed by atoms with Crippen LogP contribution in [0.2, 0.25) is 0 Å². The largest absolute Gasteiger partial charge is 0.508 e. The monoisotopic (exact) mass is 302 g/mol. The summed E-state index contributed by atoms with van der Waals surface area (Å²) in [6, 6.07) is 5.91. The molecule has 0 spiro atoms. The zero-order valence-corrected chi connectivity index (χ0v) is 10.2. The van der Waals surface area contributed by atoms with Gasteiger partial charge in [0.1, 0.15) is 11.5 Å². The van der Waals surface area contributed by atoms with Crippen LogP contribution >= 0.6 is 22.6 Å². The van der Waals surface area contributed by atoms with Crippen LogP contribution in [0.4, 0.5) is 0 Å². The van der Waals surface area contributed by atoms with Gasteiger partial charge in [0.05, 0.1) is 0 Å². The van der Waals surface area contributed by atoms with E-state index >= 15 is 0 Å². The molecule has 0 fully saturated rings. The lowest BCUT2D eigenvalue weighted by molar-refractivity contribution is 0.0936. The molecule has 2 nitrogen and oxygen atoms in total. The first-order valence-electron chi connectivity index (χ1n) is 4.39. The molecule has 1 heterocycles. The Labute approximate surface area is 96.7 Å². The third-order valence-corrected chi connectivity index (χ3v) is 2.92. The average molecular weight is 302 g/mol. The summed E-state index contributed by atoms with van der Waals surface area (Å²) < 4.78 is 6.80. The highest BCUT2D eigenvalue weighted by atomic mass is 127. The molecule has 0 saturated carbocycles. The minimum atomic E-state index is -0.611. The predicted molar refractivity (Wildman–Crippen MR) is 64.5 cm³/mol. The van der Waals surface area contributed by atoms with Gasteiger partial charge in [0.2, 0.25) is 0 Å². The van der Waals surface area contributed by atoms with Crippen LogP contribution in [-0.4, -0.2) is 10.7 Å². The Balaban J connectivity index is 2.54. The Hall–Kier alpha value is -0.710. The van der Waals surface area contributed by atoms with Gasteiger partial charge >= 0.3 is 0 Å². The third-order valence-electron chi connectivity index (χ3n) is 2.25. The van der Waals surface area contributed by atoms with Crippen molar-refractivity contribution in [2.45, 2.75) is 19.4 Å².